The summed E-state index contributed by atoms with van der Waals surface area (Å²) in [6, 6.07) is 8.30. The van der Waals surface area contributed by atoms with Crippen LogP contribution < -0.4 is 0 Å². The van der Waals surface area contributed by atoms with Gasteiger partial charge in [-0.15, -0.1) is 11.3 Å². The molecule has 0 unspecified atom stereocenters. The maximum Gasteiger partial charge on any atom is 0.243 e. The minimum atomic E-state index is -0.285. The van der Waals surface area contributed by atoms with Crippen molar-refractivity contribution in [1.82, 2.24) is 9.80 Å². The third-order valence-corrected chi connectivity index (χ3v) is 7.63. The minimum absolute atomic E-state index is 0.0332. The summed E-state index contributed by atoms with van der Waals surface area (Å²) in [5.74, 6) is -0.124. The molecule has 1 saturated carbocycles. The van der Waals surface area contributed by atoms with Gasteiger partial charge in [-0.1, -0.05) is 25.5 Å². The zero-order valence-electron chi connectivity index (χ0n) is 17.6. The second kappa shape index (κ2) is 8.88. The summed E-state index contributed by atoms with van der Waals surface area (Å²) in [6.45, 7) is 4.80. The molecule has 1 aliphatic carbocycles. The molecule has 1 aliphatic heterocycles. The zero-order valence-corrected chi connectivity index (χ0v) is 18.5. The molecule has 0 radical (unpaired) electrons. The maximum absolute atomic E-state index is 13.5. The van der Waals surface area contributed by atoms with Crippen molar-refractivity contribution in [2.45, 2.75) is 58.0 Å². The van der Waals surface area contributed by atoms with Crippen molar-refractivity contribution in [2.24, 2.45) is 5.92 Å². The predicted molar refractivity (Wildman–Crippen MR) is 117 cm³/mol. The number of nitrogens with zero attached hydrogens (tertiary/aromatic N) is 2. The van der Waals surface area contributed by atoms with Gasteiger partial charge in [0.05, 0.1) is 6.04 Å². The van der Waals surface area contributed by atoms with Crippen LogP contribution in [0.4, 0.5) is 4.39 Å². The molecule has 0 saturated heterocycles. The van der Waals surface area contributed by atoms with Gasteiger partial charge < -0.3 is 9.80 Å². The largest absolute Gasteiger partial charge is 0.330 e. The van der Waals surface area contributed by atoms with Crippen LogP contribution in [0.1, 0.15) is 61.6 Å². The first-order valence-electron chi connectivity index (χ1n) is 10.9. The summed E-state index contributed by atoms with van der Waals surface area (Å²) in [4.78, 5) is 31.5. The van der Waals surface area contributed by atoms with Crippen molar-refractivity contribution < 1.29 is 14.0 Å². The SMILES string of the molecule is CC[C@@H](C)N(CC(=O)N1CCc2sccc2[C@@H]1c1ccc(F)cc1)C(=O)C1CCC1. The molecular formula is C24H29FN2O2S. The second-order valence-corrected chi connectivity index (χ2v) is 9.44. The second-order valence-electron chi connectivity index (χ2n) is 8.44. The Morgan fingerprint density at radius 2 is 1.97 bits per heavy atom. The number of hydrogen-bond donors (Lipinski definition) is 0. The summed E-state index contributed by atoms with van der Waals surface area (Å²) in [6.07, 6.45) is 4.59. The van der Waals surface area contributed by atoms with Crippen LogP contribution in [0.25, 0.3) is 0 Å². The molecule has 160 valence electrons. The first-order valence-corrected chi connectivity index (χ1v) is 11.8. The van der Waals surface area contributed by atoms with Gasteiger partial charge >= 0.3 is 0 Å². The topological polar surface area (TPSA) is 40.6 Å². The molecule has 1 aromatic heterocycles. The van der Waals surface area contributed by atoms with Crippen molar-refractivity contribution in [3.63, 3.8) is 0 Å². The Balaban J connectivity index is 1.60. The minimum Gasteiger partial charge on any atom is -0.330 e. The molecule has 4 nitrogen and oxygen atoms in total. The molecule has 2 heterocycles. The zero-order chi connectivity index (χ0) is 21.3. The van der Waals surface area contributed by atoms with Crippen LogP contribution in [-0.2, 0) is 16.0 Å². The average molecular weight is 429 g/mol. The van der Waals surface area contributed by atoms with E-state index in [1.54, 1.807) is 28.4 Å². The van der Waals surface area contributed by atoms with E-state index in [9.17, 15) is 14.0 Å². The molecule has 0 N–H and O–H groups in total. The number of hydrogen-bond acceptors (Lipinski definition) is 3. The molecule has 0 spiro atoms. The molecule has 2 aliphatic rings. The summed E-state index contributed by atoms with van der Waals surface area (Å²) in [7, 11) is 0. The fraction of sp³-hybridized carbons (Fsp3) is 0.500. The van der Waals surface area contributed by atoms with Crippen molar-refractivity contribution in [3.05, 3.63) is 57.5 Å². The number of carbonyl (C=O) groups excluding carboxylic acids is 2. The quantitative estimate of drug-likeness (QED) is 0.664. The number of carbonyl (C=O) groups is 2. The van der Waals surface area contributed by atoms with E-state index >= 15 is 0 Å². The summed E-state index contributed by atoms with van der Waals surface area (Å²) >= 11 is 1.71. The molecule has 4 rings (SSSR count). The first-order chi connectivity index (χ1) is 14.5. The van der Waals surface area contributed by atoms with E-state index in [0.717, 1.165) is 43.2 Å². The van der Waals surface area contributed by atoms with Gasteiger partial charge in [0.15, 0.2) is 0 Å². The van der Waals surface area contributed by atoms with E-state index in [0.29, 0.717) is 6.54 Å². The number of halogens is 1. The Hall–Kier alpha value is -2.21. The summed E-state index contributed by atoms with van der Waals surface area (Å²) in [5.41, 5.74) is 2.02. The highest BCUT2D eigenvalue weighted by molar-refractivity contribution is 7.10. The lowest BCUT2D eigenvalue weighted by Crippen LogP contribution is -2.51. The highest BCUT2D eigenvalue weighted by Gasteiger charge is 2.37. The van der Waals surface area contributed by atoms with Crippen molar-refractivity contribution in [1.29, 1.82) is 0 Å². The molecule has 1 aromatic carbocycles. The smallest absolute Gasteiger partial charge is 0.243 e. The lowest BCUT2D eigenvalue weighted by molar-refractivity contribution is -0.147. The number of rotatable bonds is 6. The number of thiophene rings is 1. The molecule has 2 amide bonds. The van der Waals surface area contributed by atoms with E-state index in [-0.39, 0.29) is 42.2 Å². The number of benzene rings is 1. The van der Waals surface area contributed by atoms with Gasteiger partial charge in [-0.25, -0.2) is 4.39 Å². The Morgan fingerprint density at radius 3 is 2.60 bits per heavy atom. The fourth-order valence-corrected chi connectivity index (χ4v) is 5.29. The van der Waals surface area contributed by atoms with Gasteiger partial charge in [0.1, 0.15) is 12.4 Å². The van der Waals surface area contributed by atoms with Gasteiger partial charge in [-0.05, 0) is 67.3 Å². The standard InChI is InChI=1S/C24H29FN2O2S/c1-3-16(2)27(24(29)18-5-4-6-18)15-22(28)26-13-11-21-20(12-14-30-21)23(26)17-7-9-19(25)10-8-17/h7-10,12,14,16,18,23H,3-6,11,13,15H2,1-2H3/t16-,23+/m1/s1. The predicted octanol–water partition coefficient (Wildman–Crippen LogP) is 4.79. The van der Waals surface area contributed by atoms with E-state index < -0.39 is 0 Å². The van der Waals surface area contributed by atoms with Gasteiger partial charge in [-0.3, -0.25) is 9.59 Å². The average Bonchev–Trinajstić information content (AvgIpc) is 3.18. The molecule has 1 fully saturated rings. The summed E-state index contributed by atoms with van der Waals surface area (Å²) in [5, 5.41) is 2.06. The monoisotopic (exact) mass is 428 g/mol. The van der Waals surface area contributed by atoms with Crippen molar-refractivity contribution >= 4 is 23.2 Å². The molecule has 2 aromatic rings. The van der Waals surface area contributed by atoms with Crippen LogP contribution >= 0.6 is 11.3 Å². The number of amides is 2. The summed E-state index contributed by atoms with van der Waals surface area (Å²) < 4.78 is 13.5. The van der Waals surface area contributed by atoms with Crippen LogP contribution in [0.5, 0.6) is 0 Å². The molecule has 30 heavy (non-hydrogen) atoms. The van der Waals surface area contributed by atoms with Crippen LogP contribution in [0, 0.1) is 11.7 Å². The highest BCUT2D eigenvalue weighted by Crippen LogP contribution is 2.38. The third kappa shape index (κ3) is 4.02. The molecule has 2 atom stereocenters. The Kier molecular flexibility index (Phi) is 6.23. The molecule has 6 heteroatoms. The van der Waals surface area contributed by atoms with Crippen LogP contribution in [0.3, 0.4) is 0 Å². The van der Waals surface area contributed by atoms with Gasteiger partial charge in [0.2, 0.25) is 11.8 Å². The fourth-order valence-electron chi connectivity index (χ4n) is 4.39. The van der Waals surface area contributed by atoms with Crippen LogP contribution in [0.2, 0.25) is 0 Å². The van der Waals surface area contributed by atoms with E-state index in [1.165, 1.54) is 17.0 Å². The molecular weight excluding hydrogens is 399 g/mol. The van der Waals surface area contributed by atoms with Crippen LogP contribution in [0.15, 0.2) is 35.7 Å². The van der Waals surface area contributed by atoms with E-state index in [1.807, 2.05) is 11.8 Å². The highest BCUT2D eigenvalue weighted by atomic mass is 32.1. The maximum atomic E-state index is 13.5. The van der Waals surface area contributed by atoms with Crippen molar-refractivity contribution in [2.75, 3.05) is 13.1 Å². The van der Waals surface area contributed by atoms with Gasteiger partial charge in [0, 0.05) is 23.4 Å². The third-order valence-electron chi connectivity index (χ3n) is 6.64. The molecule has 0 bridgehead atoms. The van der Waals surface area contributed by atoms with E-state index in [4.69, 9.17) is 0 Å². The Bertz CT molecular complexity index is 906. The normalized spacial score (nSPS) is 19.7. The number of fused-ring (bicyclic) bond motifs is 1. The van der Waals surface area contributed by atoms with Gasteiger partial charge in [0.25, 0.3) is 0 Å². The lowest BCUT2D eigenvalue weighted by atomic mass is 9.84. The Labute approximate surface area is 181 Å². The van der Waals surface area contributed by atoms with Crippen molar-refractivity contribution in [3.8, 4) is 0 Å². The first kappa shape index (κ1) is 21.0. The van der Waals surface area contributed by atoms with E-state index in [2.05, 4.69) is 18.4 Å². The Morgan fingerprint density at radius 1 is 1.23 bits per heavy atom. The van der Waals surface area contributed by atoms with Gasteiger partial charge in [-0.2, -0.15) is 0 Å². The van der Waals surface area contributed by atoms with Crippen LogP contribution in [-0.4, -0.2) is 40.7 Å². The lowest BCUT2D eigenvalue weighted by Gasteiger charge is -2.40.